The molecule has 0 atom stereocenters. The summed E-state index contributed by atoms with van der Waals surface area (Å²) in [6.07, 6.45) is 0.738. The minimum Gasteiger partial charge on any atom is -0.507 e. The Morgan fingerprint density at radius 2 is 2.00 bits per heavy atom. The SMILES string of the molecule is O=C(O)COC1CCN(C(=O)c2c(O)cccc2F)CC1. The second-order valence-electron chi connectivity index (χ2n) is 4.83. The minimum absolute atomic E-state index is 0.223. The molecule has 1 amide bonds. The first-order valence-corrected chi connectivity index (χ1v) is 6.59. The van der Waals surface area contributed by atoms with Crippen LogP contribution in [0.3, 0.4) is 0 Å². The van der Waals surface area contributed by atoms with Gasteiger partial charge in [-0.05, 0) is 25.0 Å². The van der Waals surface area contributed by atoms with E-state index in [1.165, 1.54) is 17.0 Å². The molecule has 114 valence electrons. The van der Waals surface area contributed by atoms with Crippen molar-refractivity contribution in [2.75, 3.05) is 19.7 Å². The van der Waals surface area contributed by atoms with E-state index in [1.54, 1.807) is 0 Å². The number of phenols is 1. The van der Waals surface area contributed by atoms with Crippen LogP contribution in [0.4, 0.5) is 4.39 Å². The molecule has 1 aliphatic heterocycles. The van der Waals surface area contributed by atoms with E-state index in [2.05, 4.69) is 0 Å². The summed E-state index contributed by atoms with van der Waals surface area (Å²) in [5.74, 6) is -2.75. The topological polar surface area (TPSA) is 87.1 Å². The molecular formula is C14H16FNO5. The zero-order chi connectivity index (χ0) is 15.4. The van der Waals surface area contributed by atoms with Crippen molar-refractivity contribution in [2.45, 2.75) is 18.9 Å². The molecule has 6 nitrogen and oxygen atoms in total. The van der Waals surface area contributed by atoms with Crippen LogP contribution in [-0.2, 0) is 9.53 Å². The smallest absolute Gasteiger partial charge is 0.329 e. The van der Waals surface area contributed by atoms with E-state index in [4.69, 9.17) is 9.84 Å². The summed E-state index contributed by atoms with van der Waals surface area (Å²) in [6, 6.07) is 3.71. The number of nitrogens with zero attached hydrogens (tertiary/aromatic N) is 1. The number of ether oxygens (including phenoxy) is 1. The number of likely N-dealkylation sites (tertiary alicyclic amines) is 1. The Morgan fingerprint density at radius 1 is 1.33 bits per heavy atom. The highest BCUT2D eigenvalue weighted by atomic mass is 19.1. The Hall–Kier alpha value is -2.15. The fraction of sp³-hybridized carbons (Fsp3) is 0.429. The third-order valence-corrected chi connectivity index (χ3v) is 3.38. The van der Waals surface area contributed by atoms with Crippen LogP contribution in [0.25, 0.3) is 0 Å². The van der Waals surface area contributed by atoms with E-state index in [1.807, 2.05) is 0 Å². The standard InChI is InChI=1S/C14H16FNO5/c15-10-2-1-3-11(17)13(10)14(20)16-6-4-9(5-7-16)21-8-12(18)19/h1-3,9,17H,4-8H2,(H,18,19). The highest BCUT2D eigenvalue weighted by Gasteiger charge is 2.27. The Kier molecular flexibility index (Phi) is 4.74. The van der Waals surface area contributed by atoms with Crippen LogP contribution in [0.1, 0.15) is 23.2 Å². The Morgan fingerprint density at radius 3 is 2.57 bits per heavy atom. The van der Waals surface area contributed by atoms with Crippen LogP contribution in [-0.4, -0.2) is 52.8 Å². The van der Waals surface area contributed by atoms with Gasteiger partial charge in [-0.25, -0.2) is 9.18 Å². The number of carbonyl (C=O) groups excluding carboxylic acids is 1. The number of carboxylic acid groups (broad SMARTS) is 1. The third-order valence-electron chi connectivity index (χ3n) is 3.38. The minimum atomic E-state index is -1.04. The molecule has 0 bridgehead atoms. The van der Waals surface area contributed by atoms with E-state index in [9.17, 15) is 19.1 Å². The number of benzene rings is 1. The van der Waals surface area contributed by atoms with Gasteiger partial charge >= 0.3 is 5.97 Å². The summed E-state index contributed by atoms with van der Waals surface area (Å²) in [4.78, 5) is 24.0. The molecule has 7 heteroatoms. The molecule has 1 saturated heterocycles. The number of hydrogen-bond donors (Lipinski definition) is 2. The van der Waals surface area contributed by atoms with Crippen molar-refractivity contribution < 1.29 is 28.9 Å². The monoisotopic (exact) mass is 297 g/mol. The molecule has 21 heavy (non-hydrogen) atoms. The zero-order valence-corrected chi connectivity index (χ0v) is 11.3. The van der Waals surface area contributed by atoms with Crippen molar-refractivity contribution in [1.29, 1.82) is 0 Å². The maximum Gasteiger partial charge on any atom is 0.329 e. The lowest BCUT2D eigenvalue weighted by Gasteiger charge is -2.31. The van der Waals surface area contributed by atoms with Crippen LogP contribution < -0.4 is 0 Å². The molecule has 1 fully saturated rings. The van der Waals surface area contributed by atoms with Crippen molar-refractivity contribution in [3.8, 4) is 5.75 Å². The van der Waals surface area contributed by atoms with Gasteiger partial charge in [0.15, 0.2) is 0 Å². The van der Waals surface area contributed by atoms with Crippen molar-refractivity contribution in [2.24, 2.45) is 0 Å². The number of aromatic hydroxyl groups is 1. The summed E-state index contributed by atoms with van der Waals surface area (Å²) >= 11 is 0. The highest BCUT2D eigenvalue weighted by molar-refractivity contribution is 5.97. The third kappa shape index (κ3) is 3.69. The first-order valence-electron chi connectivity index (χ1n) is 6.59. The van der Waals surface area contributed by atoms with Gasteiger partial charge in [0.05, 0.1) is 6.10 Å². The molecule has 1 aliphatic rings. The Labute approximate surface area is 120 Å². The van der Waals surface area contributed by atoms with Gasteiger partial charge in [-0.15, -0.1) is 0 Å². The molecular weight excluding hydrogens is 281 g/mol. The Balaban J connectivity index is 1.96. The van der Waals surface area contributed by atoms with Crippen molar-refractivity contribution >= 4 is 11.9 Å². The number of piperidine rings is 1. The molecule has 0 aromatic heterocycles. The van der Waals surface area contributed by atoms with E-state index in [0.717, 1.165) is 6.07 Å². The second kappa shape index (κ2) is 6.53. The van der Waals surface area contributed by atoms with Crippen LogP contribution in [0, 0.1) is 5.82 Å². The van der Waals surface area contributed by atoms with Crippen LogP contribution in [0.2, 0.25) is 0 Å². The number of carbonyl (C=O) groups is 2. The number of aliphatic carboxylic acids is 1. The molecule has 0 radical (unpaired) electrons. The van der Waals surface area contributed by atoms with E-state index in [0.29, 0.717) is 25.9 Å². The van der Waals surface area contributed by atoms with Crippen molar-refractivity contribution in [3.05, 3.63) is 29.6 Å². The number of hydrogen-bond acceptors (Lipinski definition) is 4. The number of halogens is 1. The normalized spacial score (nSPS) is 16.0. The summed E-state index contributed by atoms with van der Waals surface area (Å²) in [5.41, 5.74) is -0.331. The number of carboxylic acids is 1. The van der Waals surface area contributed by atoms with E-state index >= 15 is 0 Å². The molecule has 1 aromatic carbocycles. The lowest BCUT2D eigenvalue weighted by atomic mass is 10.1. The molecule has 0 spiro atoms. The van der Waals surface area contributed by atoms with Gasteiger partial charge in [0, 0.05) is 13.1 Å². The summed E-state index contributed by atoms with van der Waals surface area (Å²) in [6.45, 7) is 0.292. The van der Waals surface area contributed by atoms with E-state index < -0.39 is 17.7 Å². The van der Waals surface area contributed by atoms with Gasteiger partial charge in [-0.3, -0.25) is 4.79 Å². The van der Waals surface area contributed by atoms with Gasteiger partial charge in [-0.1, -0.05) is 6.07 Å². The van der Waals surface area contributed by atoms with Crippen LogP contribution >= 0.6 is 0 Å². The average molecular weight is 297 g/mol. The first kappa shape index (κ1) is 15.2. The van der Waals surface area contributed by atoms with E-state index in [-0.39, 0.29) is 24.0 Å². The van der Waals surface area contributed by atoms with Gasteiger partial charge in [0.25, 0.3) is 5.91 Å². The number of phenolic OH excluding ortho intramolecular Hbond substituents is 1. The molecule has 0 aliphatic carbocycles. The lowest BCUT2D eigenvalue weighted by Crippen LogP contribution is -2.41. The fourth-order valence-electron chi connectivity index (χ4n) is 2.30. The van der Waals surface area contributed by atoms with Crippen molar-refractivity contribution in [3.63, 3.8) is 0 Å². The predicted octanol–water partition coefficient (Wildman–Crippen LogP) is 1.24. The summed E-state index contributed by atoms with van der Waals surface area (Å²) in [5, 5.41) is 18.1. The highest BCUT2D eigenvalue weighted by Crippen LogP contribution is 2.24. The van der Waals surface area contributed by atoms with Gasteiger partial charge in [0.1, 0.15) is 23.7 Å². The Bertz CT molecular complexity index is 520. The predicted molar refractivity (Wildman–Crippen MR) is 70.6 cm³/mol. The molecule has 0 unspecified atom stereocenters. The average Bonchev–Trinajstić information content (AvgIpc) is 2.45. The maximum absolute atomic E-state index is 13.6. The first-order chi connectivity index (χ1) is 9.99. The molecule has 0 saturated carbocycles. The summed E-state index contributed by atoms with van der Waals surface area (Å²) < 4.78 is 18.8. The largest absolute Gasteiger partial charge is 0.507 e. The van der Waals surface area contributed by atoms with Gasteiger partial charge in [-0.2, -0.15) is 0 Å². The van der Waals surface area contributed by atoms with Gasteiger partial charge in [0.2, 0.25) is 0 Å². The molecule has 2 rings (SSSR count). The fourth-order valence-corrected chi connectivity index (χ4v) is 2.30. The molecule has 1 heterocycles. The van der Waals surface area contributed by atoms with Gasteiger partial charge < -0.3 is 19.8 Å². The quantitative estimate of drug-likeness (QED) is 0.873. The molecule has 1 aromatic rings. The summed E-state index contributed by atoms with van der Waals surface area (Å²) in [7, 11) is 0. The zero-order valence-electron chi connectivity index (χ0n) is 11.3. The van der Waals surface area contributed by atoms with Crippen LogP contribution in [0.15, 0.2) is 18.2 Å². The lowest BCUT2D eigenvalue weighted by molar-refractivity contribution is -0.145. The van der Waals surface area contributed by atoms with Crippen LogP contribution in [0.5, 0.6) is 5.75 Å². The second-order valence-corrected chi connectivity index (χ2v) is 4.83. The number of rotatable bonds is 4. The maximum atomic E-state index is 13.6. The molecule has 2 N–H and O–H groups in total. The number of amides is 1. The van der Waals surface area contributed by atoms with Crippen molar-refractivity contribution in [1.82, 2.24) is 4.90 Å².